The van der Waals surface area contributed by atoms with Crippen molar-refractivity contribution >= 4 is 5.91 Å². The maximum absolute atomic E-state index is 11.5. The second-order valence-corrected chi connectivity index (χ2v) is 3.48. The maximum Gasteiger partial charge on any atom is 0.221 e. The normalized spacial score (nSPS) is 11.5. The Bertz CT molecular complexity index is 386. The van der Waals surface area contributed by atoms with E-state index in [1.54, 1.807) is 31.5 Å². The van der Waals surface area contributed by atoms with Gasteiger partial charge in [-0.3, -0.25) is 9.78 Å². The molecule has 0 aliphatic heterocycles. The maximum atomic E-state index is 11.5. The van der Waals surface area contributed by atoms with Crippen LogP contribution in [0.4, 0.5) is 0 Å². The monoisotopic (exact) mass is 233 g/mol. The summed E-state index contributed by atoms with van der Waals surface area (Å²) in [4.78, 5) is 15.6. The molecule has 1 heterocycles. The molecule has 5 heteroatoms. The largest absolute Gasteiger partial charge is 0.383 e. The van der Waals surface area contributed by atoms with E-state index >= 15 is 0 Å². The SMILES string of the molecule is COCCNC(=O)CC(C#N)c1ccccn1. The highest BCUT2D eigenvalue weighted by molar-refractivity contribution is 5.77. The lowest BCUT2D eigenvalue weighted by molar-refractivity contribution is -0.121. The van der Waals surface area contributed by atoms with Crippen LogP contribution in [0.2, 0.25) is 0 Å². The number of hydrogen-bond acceptors (Lipinski definition) is 4. The van der Waals surface area contributed by atoms with Gasteiger partial charge in [0.15, 0.2) is 0 Å². The fourth-order valence-electron chi connectivity index (χ4n) is 1.35. The van der Waals surface area contributed by atoms with Crippen LogP contribution in [0.5, 0.6) is 0 Å². The minimum atomic E-state index is -0.501. The van der Waals surface area contributed by atoms with E-state index in [1.165, 1.54) is 0 Å². The van der Waals surface area contributed by atoms with E-state index in [4.69, 9.17) is 10.00 Å². The van der Waals surface area contributed by atoms with E-state index in [9.17, 15) is 4.79 Å². The quantitative estimate of drug-likeness (QED) is 0.739. The number of aromatic nitrogens is 1. The van der Waals surface area contributed by atoms with Crippen LogP contribution < -0.4 is 5.32 Å². The number of pyridine rings is 1. The van der Waals surface area contributed by atoms with Gasteiger partial charge in [-0.15, -0.1) is 0 Å². The van der Waals surface area contributed by atoms with Crippen molar-refractivity contribution in [2.24, 2.45) is 0 Å². The van der Waals surface area contributed by atoms with E-state index in [0.717, 1.165) is 0 Å². The van der Waals surface area contributed by atoms with Crippen LogP contribution in [0.1, 0.15) is 18.0 Å². The van der Waals surface area contributed by atoms with Gasteiger partial charge in [-0.1, -0.05) is 6.07 Å². The molecule has 0 radical (unpaired) electrons. The fraction of sp³-hybridized carbons (Fsp3) is 0.417. The Morgan fingerprint density at radius 3 is 3.06 bits per heavy atom. The first kappa shape index (κ1) is 13.1. The second kappa shape index (κ2) is 7.36. The molecule has 90 valence electrons. The molecule has 0 fully saturated rings. The Kier molecular flexibility index (Phi) is 5.69. The van der Waals surface area contributed by atoms with E-state index < -0.39 is 5.92 Å². The van der Waals surface area contributed by atoms with E-state index in [2.05, 4.69) is 16.4 Å². The van der Waals surface area contributed by atoms with E-state index in [1.807, 2.05) is 0 Å². The van der Waals surface area contributed by atoms with Crippen LogP contribution in [-0.4, -0.2) is 31.2 Å². The zero-order valence-corrected chi connectivity index (χ0v) is 9.72. The third kappa shape index (κ3) is 4.62. The van der Waals surface area contributed by atoms with Crippen LogP contribution in [-0.2, 0) is 9.53 Å². The molecule has 0 saturated heterocycles. The first-order chi connectivity index (χ1) is 8.27. The number of carbonyl (C=O) groups is 1. The molecule has 1 unspecified atom stereocenters. The number of nitriles is 1. The zero-order valence-electron chi connectivity index (χ0n) is 9.72. The van der Waals surface area contributed by atoms with Gasteiger partial charge in [0.05, 0.1) is 24.3 Å². The molecule has 1 atom stereocenters. The van der Waals surface area contributed by atoms with Gasteiger partial charge < -0.3 is 10.1 Å². The van der Waals surface area contributed by atoms with Gasteiger partial charge in [-0.05, 0) is 12.1 Å². The lowest BCUT2D eigenvalue weighted by Gasteiger charge is -2.08. The molecule has 17 heavy (non-hydrogen) atoms. The highest BCUT2D eigenvalue weighted by Gasteiger charge is 2.15. The molecule has 1 aromatic heterocycles. The molecule has 5 nitrogen and oxygen atoms in total. The van der Waals surface area contributed by atoms with Gasteiger partial charge in [-0.2, -0.15) is 5.26 Å². The summed E-state index contributed by atoms with van der Waals surface area (Å²) in [6, 6.07) is 7.41. The topological polar surface area (TPSA) is 75.0 Å². The van der Waals surface area contributed by atoms with Crippen molar-refractivity contribution in [2.75, 3.05) is 20.3 Å². The summed E-state index contributed by atoms with van der Waals surface area (Å²) in [6.07, 6.45) is 1.74. The summed E-state index contributed by atoms with van der Waals surface area (Å²) in [7, 11) is 1.57. The Labute approximate surface area is 100 Å². The Balaban J connectivity index is 2.48. The number of ether oxygens (including phenoxy) is 1. The Morgan fingerprint density at radius 2 is 2.47 bits per heavy atom. The molecular weight excluding hydrogens is 218 g/mol. The van der Waals surface area contributed by atoms with Crippen LogP contribution >= 0.6 is 0 Å². The molecule has 1 rings (SSSR count). The van der Waals surface area contributed by atoms with Crippen LogP contribution in [0.15, 0.2) is 24.4 Å². The van der Waals surface area contributed by atoms with Crippen molar-refractivity contribution in [3.05, 3.63) is 30.1 Å². The molecule has 0 spiro atoms. The molecule has 1 N–H and O–H groups in total. The van der Waals surface area contributed by atoms with Crippen LogP contribution in [0.25, 0.3) is 0 Å². The van der Waals surface area contributed by atoms with Gasteiger partial charge >= 0.3 is 0 Å². The van der Waals surface area contributed by atoms with Gasteiger partial charge in [0, 0.05) is 26.3 Å². The van der Waals surface area contributed by atoms with Crippen molar-refractivity contribution in [1.29, 1.82) is 5.26 Å². The highest BCUT2D eigenvalue weighted by atomic mass is 16.5. The number of amides is 1. The summed E-state index contributed by atoms with van der Waals surface area (Å²) in [5.74, 6) is -0.669. The summed E-state index contributed by atoms with van der Waals surface area (Å²) in [5.41, 5.74) is 0.622. The van der Waals surface area contributed by atoms with Gasteiger partial charge in [0.1, 0.15) is 0 Å². The van der Waals surface area contributed by atoms with Gasteiger partial charge in [0.2, 0.25) is 5.91 Å². The zero-order chi connectivity index (χ0) is 12.5. The first-order valence-corrected chi connectivity index (χ1v) is 5.34. The number of nitrogens with zero attached hydrogens (tertiary/aromatic N) is 2. The molecule has 1 amide bonds. The van der Waals surface area contributed by atoms with Gasteiger partial charge in [-0.25, -0.2) is 0 Å². The standard InChI is InChI=1S/C12H15N3O2/c1-17-7-6-15-12(16)8-10(9-13)11-4-2-3-5-14-11/h2-5,10H,6-8H2,1H3,(H,15,16). The van der Waals surface area contributed by atoms with Crippen LogP contribution in [0.3, 0.4) is 0 Å². The molecule has 0 bridgehead atoms. The molecule has 0 aliphatic rings. The number of methoxy groups -OCH3 is 1. The second-order valence-electron chi connectivity index (χ2n) is 3.48. The fourth-order valence-corrected chi connectivity index (χ4v) is 1.35. The minimum Gasteiger partial charge on any atom is -0.383 e. The third-order valence-corrected chi connectivity index (χ3v) is 2.22. The highest BCUT2D eigenvalue weighted by Crippen LogP contribution is 2.15. The summed E-state index contributed by atoms with van der Waals surface area (Å²) in [6.45, 7) is 0.919. The molecular formula is C12H15N3O2. The first-order valence-electron chi connectivity index (χ1n) is 5.34. The third-order valence-electron chi connectivity index (χ3n) is 2.22. The van der Waals surface area contributed by atoms with E-state index in [0.29, 0.717) is 18.8 Å². The molecule has 0 saturated carbocycles. The predicted octanol–water partition coefficient (Wildman–Crippen LogP) is 0.841. The Morgan fingerprint density at radius 1 is 1.65 bits per heavy atom. The molecule has 1 aromatic rings. The molecule has 0 aromatic carbocycles. The van der Waals surface area contributed by atoms with E-state index in [-0.39, 0.29) is 12.3 Å². The number of rotatable bonds is 6. The average molecular weight is 233 g/mol. The lowest BCUT2D eigenvalue weighted by atomic mass is 10.0. The van der Waals surface area contributed by atoms with Crippen molar-refractivity contribution in [1.82, 2.24) is 10.3 Å². The number of carbonyl (C=O) groups excluding carboxylic acids is 1. The minimum absolute atomic E-state index is 0.122. The number of nitrogens with one attached hydrogen (secondary N) is 1. The summed E-state index contributed by atoms with van der Waals surface area (Å²) < 4.78 is 4.82. The summed E-state index contributed by atoms with van der Waals surface area (Å²) >= 11 is 0. The lowest BCUT2D eigenvalue weighted by Crippen LogP contribution is -2.28. The van der Waals surface area contributed by atoms with Crippen molar-refractivity contribution in [3.63, 3.8) is 0 Å². The van der Waals surface area contributed by atoms with Gasteiger partial charge in [0.25, 0.3) is 0 Å². The Hall–Kier alpha value is -1.93. The van der Waals surface area contributed by atoms with Crippen molar-refractivity contribution in [3.8, 4) is 6.07 Å². The average Bonchev–Trinajstić information content (AvgIpc) is 2.37. The summed E-state index contributed by atoms with van der Waals surface area (Å²) in [5, 5.41) is 11.7. The number of hydrogen-bond donors (Lipinski definition) is 1. The van der Waals surface area contributed by atoms with Crippen molar-refractivity contribution in [2.45, 2.75) is 12.3 Å². The predicted molar refractivity (Wildman–Crippen MR) is 62.1 cm³/mol. The smallest absolute Gasteiger partial charge is 0.221 e. The molecule has 0 aliphatic carbocycles. The van der Waals surface area contributed by atoms with Crippen molar-refractivity contribution < 1.29 is 9.53 Å². The van der Waals surface area contributed by atoms with Crippen LogP contribution in [0, 0.1) is 11.3 Å².